The summed E-state index contributed by atoms with van der Waals surface area (Å²) in [5.74, 6) is -0.0963. The predicted octanol–water partition coefficient (Wildman–Crippen LogP) is -0.772. The number of hydrogen-bond acceptors (Lipinski definition) is 6. The summed E-state index contributed by atoms with van der Waals surface area (Å²) in [6, 6.07) is 0. The minimum Gasteiger partial charge on any atom is -0.381 e. The number of hydrogen-bond donors (Lipinski definition) is 0. The fraction of sp³-hybridized carbons (Fsp3) is 0.909. The highest BCUT2D eigenvalue weighted by Gasteiger charge is 2.24. The second kappa shape index (κ2) is 6.65. The van der Waals surface area contributed by atoms with Crippen LogP contribution in [0.25, 0.3) is 0 Å². The normalized spacial score (nSPS) is 27.2. The molecule has 2 heterocycles. The molecule has 110 valence electrons. The van der Waals surface area contributed by atoms with Crippen molar-refractivity contribution in [2.45, 2.75) is 6.42 Å². The Morgan fingerprint density at radius 2 is 2.16 bits per heavy atom. The summed E-state index contributed by atoms with van der Waals surface area (Å²) >= 11 is 0. The summed E-state index contributed by atoms with van der Waals surface area (Å²) in [6.45, 7) is 1.90. The molecule has 0 aromatic heterocycles. The first-order chi connectivity index (χ1) is 9.07. The van der Waals surface area contributed by atoms with Crippen LogP contribution in [0, 0.1) is 5.92 Å². The van der Waals surface area contributed by atoms with Gasteiger partial charge in [-0.15, -0.1) is 0 Å². The van der Waals surface area contributed by atoms with Gasteiger partial charge in [0.15, 0.2) is 9.84 Å². The molecule has 19 heavy (non-hydrogen) atoms. The first-order valence-electron chi connectivity index (χ1n) is 6.36. The number of carbonyl (C=O) groups excluding carboxylic acids is 1. The molecular weight excluding hydrogens is 274 g/mol. The summed E-state index contributed by atoms with van der Waals surface area (Å²) in [4.78, 5) is 16.9. The van der Waals surface area contributed by atoms with Crippen LogP contribution in [0.2, 0.25) is 0 Å². The molecule has 0 saturated carbocycles. The van der Waals surface area contributed by atoms with Gasteiger partial charge in [0, 0.05) is 12.5 Å². The van der Waals surface area contributed by atoms with Crippen LogP contribution in [0.3, 0.4) is 0 Å². The Morgan fingerprint density at radius 1 is 1.32 bits per heavy atom. The van der Waals surface area contributed by atoms with Crippen LogP contribution >= 0.6 is 0 Å². The third kappa shape index (κ3) is 4.72. The van der Waals surface area contributed by atoms with Crippen LogP contribution in [-0.2, 0) is 28.9 Å². The molecule has 0 aliphatic carbocycles. The molecule has 0 aromatic rings. The van der Waals surface area contributed by atoms with Crippen molar-refractivity contribution >= 4 is 15.7 Å². The first kappa shape index (κ1) is 14.7. The van der Waals surface area contributed by atoms with Gasteiger partial charge in [-0.05, 0) is 6.42 Å². The van der Waals surface area contributed by atoms with E-state index in [1.165, 1.54) is 0 Å². The lowest BCUT2D eigenvalue weighted by Crippen LogP contribution is -2.36. The van der Waals surface area contributed by atoms with E-state index in [0.29, 0.717) is 19.1 Å². The number of hydroxylamine groups is 2. The van der Waals surface area contributed by atoms with E-state index in [4.69, 9.17) is 14.3 Å². The third-order valence-corrected chi connectivity index (χ3v) is 4.72. The maximum absolute atomic E-state index is 11.8. The van der Waals surface area contributed by atoms with Gasteiger partial charge in [-0.25, -0.2) is 13.5 Å². The highest BCUT2D eigenvalue weighted by atomic mass is 32.2. The van der Waals surface area contributed by atoms with E-state index < -0.39 is 9.84 Å². The molecule has 8 heteroatoms. The quantitative estimate of drug-likeness (QED) is 0.677. The lowest BCUT2D eigenvalue weighted by molar-refractivity contribution is -0.186. The molecule has 1 unspecified atom stereocenters. The fourth-order valence-corrected chi connectivity index (χ4v) is 2.94. The number of sulfone groups is 1. The van der Waals surface area contributed by atoms with Crippen molar-refractivity contribution in [2.24, 2.45) is 5.92 Å². The van der Waals surface area contributed by atoms with Crippen LogP contribution in [0.15, 0.2) is 0 Å². The Hall–Kier alpha value is -0.700. The SMILES string of the molecule is O=C(COCC1CCOC1)N1CCS(=O)(=O)CCO1. The molecule has 0 radical (unpaired) electrons. The van der Waals surface area contributed by atoms with Crippen molar-refractivity contribution in [1.29, 1.82) is 0 Å². The van der Waals surface area contributed by atoms with Gasteiger partial charge < -0.3 is 9.47 Å². The Bertz CT molecular complexity index is 403. The average molecular weight is 293 g/mol. The van der Waals surface area contributed by atoms with Gasteiger partial charge in [0.05, 0.1) is 37.9 Å². The topological polar surface area (TPSA) is 82.1 Å². The first-order valence-corrected chi connectivity index (χ1v) is 8.18. The van der Waals surface area contributed by atoms with Gasteiger partial charge in [-0.2, -0.15) is 0 Å². The molecule has 1 amide bonds. The maximum Gasteiger partial charge on any atom is 0.272 e. The predicted molar refractivity (Wildman–Crippen MR) is 66.1 cm³/mol. The van der Waals surface area contributed by atoms with Gasteiger partial charge in [0.2, 0.25) is 0 Å². The van der Waals surface area contributed by atoms with Gasteiger partial charge in [0.1, 0.15) is 6.61 Å². The zero-order valence-corrected chi connectivity index (χ0v) is 11.6. The highest BCUT2D eigenvalue weighted by molar-refractivity contribution is 7.91. The van der Waals surface area contributed by atoms with Crippen molar-refractivity contribution in [2.75, 3.05) is 51.1 Å². The molecular formula is C11H19NO6S. The highest BCUT2D eigenvalue weighted by Crippen LogP contribution is 2.12. The second-order valence-electron chi connectivity index (χ2n) is 4.73. The molecule has 0 spiro atoms. The maximum atomic E-state index is 11.8. The summed E-state index contributed by atoms with van der Waals surface area (Å²) in [5, 5.41) is 1.09. The minimum atomic E-state index is -3.10. The van der Waals surface area contributed by atoms with E-state index in [0.717, 1.165) is 18.1 Å². The standard InChI is InChI=1S/C11H19NO6S/c13-11(9-17-8-10-1-3-16-7-10)12-2-5-19(14,15)6-4-18-12/h10H,1-9H2. The van der Waals surface area contributed by atoms with Crippen molar-refractivity contribution in [1.82, 2.24) is 5.06 Å². The largest absolute Gasteiger partial charge is 0.381 e. The van der Waals surface area contributed by atoms with Crippen molar-refractivity contribution in [3.63, 3.8) is 0 Å². The van der Waals surface area contributed by atoms with Crippen LogP contribution < -0.4 is 0 Å². The van der Waals surface area contributed by atoms with E-state index in [1.807, 2.05) is 0 Å². The van der Waals surface area contributed by atoms with Crippen molar-refractivity contribution < 1.29 is 27.5 Å². The molecule has 2 aliphatic heterocycles. The molecule has 2 saturated heterocycles. The Morgan fingerprint density at radius 3 is 2.89 bits per heavy atom. The minimum absolute atomic E-state index is 0.0184. The molecule has 0 aromatic carbocycles. The smallest absolute Gasteiger partial charge is 0.272 e. The van der Waals surface area contributed by atoms with Gasteiger partial charge in [-0.3, -0.25) is 9.63 Å². The zero-order valence-electron chi connectivity index (χ0n) is 10.7. The van der Waals surface area contributed by atoms with Gasteiger partial charge in [-0.1, -0.05) is 0 Å². The van der Waals surface area contributed by atoms with E-state index in [-0.39, 0.29) is 37.2 Å². The number of amides is 1. The Labute approximate surface area is 112 Å². The lowest BCUT2D eigenvalue weighted by atomic mass is 10.1. The number of rotatable bonds is 4. The van der Waals surface area contributed by atoms with Crippen LogP contribution in [-0.4, -0.2) is 70.5 Å². The van der Waals surface area contributed by atoms with Crippen LogP contribution in [0.1, 0.15) is 6.42 Å². The summed E-state index contributed by atoms with van der Waals surface area (Å²) in [5.41, 5.74) is 0. The monoisotopic (exact) mass is 293 g/mol. The third-order valence-electron chi connectivity index (χ3n) is 3.13. The van der Waals surface area contributed by atoms with Gasteiger partial charge in [0.25, 0.3) is 5.91 Å². The van der Waals surface area contributed by atoms with E-state index in [1.54, 1.807) is 0 Å². The van der Waals surface area contributed by atoms with Crippen molar-refractivity contribution in [3.05, 3.63) is 0 Å². The Kier molecular flexibility index (Phi) is 5.14. The zero-order chi connectivity index (χ0) is 13.7. The molecule has 2 aliphatic rings. The van der Waals surface area contributed by atoms with E-state index in [2.05, 4.69) is 0 Å². The number of carbonyl (C=O) groups is 1. The molecule has 2 rings (SSSR count). The number of nitrogens with zero attached hydrogens (tertiary/aromatic N) is 1. The van der Waals surface area contributed by atoms with E-state index >= 15 is 0 Å². The molecule has 1 atom stereocenters. The van der Waals surface area contributed by atoms with Gasteiger partial charge >= 0.3 is 0 Å². The Balaban J connectivity index is 1.70. The average Bonchev–Trinajstić information content (AvgIpc) is 2.79. The van der Waals surface area contributed by atoms with E-state index in [9.17, 15) is 13.2 Å². The van der Waals surface area contributed by atoms with Crippen LogP contribution in [0.5, 0.6) is 0 Å². The summed E-state index contributed by atoms with van der Waals surface area (Å²) < 4.78 is 33.3. The lowest BCUT2D eigenvalue weighted by Gasteiger charge is -2.19. The fourth-order valence-electron chi connectivity index (χ4n) is 1.96. The molecule has 2 fully saturated rings. The summed E-state index contributed by atoms with van der Waals surface area (Å²) in [7, 11) is -3.10. The molecule has 0 bridgehead atoms. The van der Waals surface area contributed by atoms with Crippen molar-refractivity contribution in [3.8, 4) is 0 Å². The number of ether oxygens (including phenoxy) is 2. The summed E-state index contributed by atoms with van der Waals surface area (Å²) in [6.07, 6.45) is 0.951. The van der Waals surface area contributed by atoms with Crippen LogP contribution in [0.4, 0.5) is 0 Å². The second-order valence-corrected chi connectivity index (χ2v) is 7.03. The molecule has 7 nitrogen and oxygen atoms in total. The molecule has 0 N–H and O–H groups in total.